The molecule has 0 saturated heterocycles. The molecule has 1 aliphatic rings. The second-order valence-electron chi connectivity index (χ2n) is 5.63. The van der Waals surface area contributed by atoms with Gasteiger partial charge in [-0.25, -0.2) is 8.42 Å². The van der Waals surface area contributed by atoms with Gasteiger partial charge in [0.1, 0.15) is 12.1 Å². The average molecular weight is 367 g/mol. The number of sulfonamides is 1. The average Bonchev–Trinajstić information content (AvgIpc) is 2.83. The Morgan fingerprint density at radius 1 is 1.29 bits per heavy atom. The lowest BCUT2D eigenvalue weighted by Crippen LogP contribution is -2.49. The van der Waals surface area contributed by atoms with Gasteiger partial charge in [-0.05, 0) is 13.0 Å². The van der Waals surface area contributed by atoms with E-state index < -0.39 is 28.1 Å². The van der Waals surface area contributed by atoms with Crippen LogP contribution in [0.25, 0.3) is 0 Å². The molecule has 1 aromatic carbocycles. The fraction of sp³-hybridized carbons (Fsp3) is 0.333. The second kappa shape index (κ2) is 5.92. The molecule has 9 heteroatoms. The SMILES string of the molecule is Cc1cn(C)c(=NC(=O)C2C(O)c3ccccc3S(=O)(=O)N2C)s1. The topological polar surface area (TPSA) is 92.0 Å². The molecule has 1 amide bonds. The Morgan fingerprint density at radius 2 is 1.96 bits per heavy atom. The molecule has 0 aliphatic carbocycles. The number of aryl methyl sites for hydroxylation is 2. The number of likely N-dealkylation sites (N-methyl/N-ethyl adjacent to an activating group) is 1. The second-order valence-corrected chi connectivity index (χ2v) is 8.81. The van der Waals surface area contributed by atoms with E-state index in [-0.39, 0.29) is 10.5 Å². The summed E-state index contributed by atoms with van der Waals surface area (Å²) in [5, 5.41) is 10.6. The standard InChI is InChI=1S/C15H17N3O4S2/c1-9-8-17(2)15(23-9)16-14(20)12-13(19)10-6-4-5-7-11(10)24(21,22)18(12)3/h4-8,12-13,19H,1-3H3. The van der Waals surface area contributed by atoms with Gasteiger partial charge in [0.15, 0.2) is 4.80 Å². The molecule has 1 aliphatic heterocycles. The molecule has 7 nitrogen and oxygen atoms in total. The maximum Gasteiger partial charge on any atom is 0.269 e. The van der Waals surface area contributed by atoms with Crippen molar-refractivity contribution in [3.63, 3.8) is 0 Å². The highest BCUT2D eigenvalue weighted by atomic mass is 32.2. The van der Waals surface area contributed by atoms with Crippen LogP contribution in [0.2, 0.25) is 0 Å². The zero-order valence-electron chi connectivity index (χ0n) is 13.4. The smallest absolute Gasteiger partial charge is 0.269 e. The van der Waals surface area contributed by atoms with E-state index in [1.54, 1.807) is 23.7 Å². The van der Waals surface area contributed by atoms with Gasteiger partial charge in [-0.2, -0.15) is 9.30 Å². The zero-order chi connectivity index (χ0) is 17.6. The summed E-state index contributed by atoms with van der Waals surface area (Å²) in [7, 11) is -0.819. The third kappa shape index (κ3) is 2.63. The summed E-state index contributed by atoms with van der Waals surface area (Å²) in [5.41, 5.74) is 0.218. The van der Waals surface area contributed by atoms with Crippen LogP contribution in [0.4, 0.5) is 0 Å². The predicted molar refractivity (Wildman–Crippen MR) is 88.7 cm³/mol. The summed E-state index contributed by atoms with van der Waals surface area (Å²) in [6, 6.07) is 4.86. The van der Waals surface area contributed by atoms with Crippen molar-refractivity contribution >= 4 is 27.3 Å². The number of hydrogen-bond acceptors (Lipinski definition) is 5. The van der Waals surface area contributed by atoms with Gasteiger partial charge in [-0.1, -0.05) is 18.2 Å². The van der Waals surface area contributed by atoms with Gasteiger partial charge in [0.25, 0.3) is 5.91 Å². The third-order valence-corrected chi connectivity index (χ3v) is 6.88. The number of rotatable bonds is 1. The first-order valence-electron chi connectivity index (χ1n) is 7.20. The minimum Gasteiger partial charge on any atom is -0.386 e. The molecule has 0 fully saturated rings. The van der Waals surface area contributed by atoms with E-state index in [0.717, 1.165) is 9.18 Å². The van der Waals surface area contributed by atoms with E-state index in [2.05, 4.69) is 4.99 Å². The Morgan fingerprint density at radius 3 is 2.58 bits per heavy atom. The molecule has 2 unspecified atom stereocenters. The van der Waals surface area contributed by atoms with Crippen LogP contribution in [0.15, 0.2) is 40.4 Å². The highest BCUT2D eigenvalue weighted by molar-refractivity contribution is 7.89. The normalized spacial score (nSPS) is 23.9. The van der Waals surface area contributed by atoms with Crippen LogP contribution in [-0.2, 0) is 21.9 Å². The molecule has 0 spiro atoms. The highest BCUT2D eigenvalue weighted by Crippen LogP contribution is 2.35. The summed E-state index contributed by atoms with van der Waals surface area (Å²) < 4.78 is 27.8. The number of hydrogen-bond donors (Lipinski definition) is 1. The minimum absolute atomic E-state index is 0.0153. The summed E-state index contributed by atoms with van der Waals surface area (Å²) >= 11 is 1.32. The first kappa shape index (κ1) is 17.0. The number of benzene rings is 1. The molecule has 3 rings (SSSR count). The third-order valence-electron chi connectivity index (χ3n) is 3.97. The van der Waals surface area contributed by atoms with E-state index in [9.17, 15) is 18.3 Å². The van der Waals surface area contributed by atoms with E-state index in [1.807, 2.05) is 13.1 Å². The summed E-state index contributed by atoms with van der Waals surface area (Å²) in [5.74, 6) is -0.694. The number of carbonyl (C=O) groups is 1. The first-order valence-corrected chi connectivity index (χ1v) is 9.46. The molecule has 24 heavy (non-hydrogen) atoms. The molecular formula is C15H17N3O4S2. The fourth-order valence-electron chi connectivity index (χ4n) is 2.76. The lowest BCUT2D eigenvalue weighted by molar-refractivity contribution is -0.125. The van der Waals surface area contributed by atoms with Crippen LogP contribution in [0.1, 0.15) is 16.5 Å². The van der Waals surface area contributed by atoms with Crippen molar-refractivity contribution < 1.29 is 18.3 Å². The fourth-order valence-corrected chi connectivity index (χ4v) is 5.14. The lowest BCUT2D eigenvalue weighted by Gasteiger charge is -2.34. The van der Waals surface area contributed by atoms with Gasteiger partial charge in [0.05, 0.1) is 4.90 Å². The predicted octanol–water partition coefficient (Wildman–Crippen LogP) is 0.559. The summed E-state index contributed by atoms with van der Waals surface area (Å²) in [6.07, 6.45) is 0.557. The Kier molecular flexibility index (Phi) is 4.20. The molecule has 128 valence electrons. The Bertz CT molecular complexity index is 975. The monoisotopic (exact) mass is 367 g/mol. The van der Waals surface area contributed by atoms with Crippen LogP contribution in [0.5, 0.6) is 0 Å². The van der Waals surface area contributed by atoms with Crippen molar-refractivity contribution in [2.45, 2.75) is 24.0 Å². The number of carbonyl (C=O) groups excluding carboxylic acids is 1. The maximum atomic E-state index is 12.6. The van der Waals surface area contributed by atoms with Crippen LogP contribution in [-0.4, -0.2) is 41.4 Å². The molecule has 2 heterocycles. The van der Waals surface area contributed by atoms with Gasteiger partial charge in [0.2, 0.25) is 10.0 Å². The molecular weight excluding hydrogens is 350 g/mol. The van der Waals surface area contributed by atoms with Crippen molar-refractivity contribution in [1.29, 1.82) is 0 Å². The first-order chi connectivity index (χ1) is 11.2. The van der Waals surface area contributed by atoms with E-state index in [4.69, 9.17) is 0 Å². The number of aliphatic hydroxyl groups excluding tert-OH is 1. The van der Waals surface area contributed by atoms with Gasteiger partial charge in [0, 0.05) is 30.7 Å². The molecule has 2 aromatic rings. The van der Waals surface area contributed by atoms with Crippen molar-refractivity contribution in [2.24, 2.45) is 12.0 Å². The largest absolute Gasteiger partial charge is 0.386 e. The van der Waals surface area contributed by atoms with E-state index >= 15 is 0 Å². The minimum atomic E-state index is -3.86. The van der Waals surface area contributed by atoms with Crippen LogP contribution in [0.3, 0.4) is 0 Å². The van der Waals surface area contributed by atoms with Gasteiger partial charge >= 0.3 is 0 Å². The molecule has 1 aromatic heterocycles. The van der Waals surface area contributed by atoms with Crippen molar-refractivity contribution in [3.05, 3.63) is 45.7 Å². The van der Waals surface area contributed by atoms with E-state index in [0.29, 0.717) is 4.80 Å². The van der Waals surface area contributed by atoms with Crippen molar-refractivity contribution in [2.75, 3.05) is 7.05 Å². The summed E-state index contributed by atoms with van der Waals surface area (Å²) in [6.45, 7) is 1.89. The van der Waals surface area contributed by atoms with Crippen LogP contribution < -0.4 is 4.80 Å². The molecule has 2 atom stereocenters. The number of amides is 1. The van der Waals surface area contributed by atoms with Gasteiger partial charge in [-0.15, -0.1) is 11.3 Å². The number of aliphatic hydroxyl groups is 1. The Hall–Kier alpha value is -1.81. The maximum absolute atomic E-state index is 12.6. The quantitative estimate of drug-likeness (QED) is 0.797. The zero-order valence-corrected chi connectivity index (χ0v) is 15.0. The number of nitrogens with zero attached hydrogens (tertiary/aromatic N) is 3. The Balaban J connectivity index is 2.11. The summed E-state index contributed by atoms with van der Waals surface area (Å²) in [4.78, 5) is 18.1. The molecule has 0 bridgehead atoms. The molecule has 1 N–H and O–H groups in total. The number of aromatic nitrogens is 1. The lowest BCUT2D eigenvalue weighted by atomic mass is 10.0. The van der Waals surface area contributed by atoms with Crippen molar-refractivity contribution in [3.8, 4) is 0 Å². The number of fused-ring (bicyclic) bond motifs is 1. The highest BCUT2D eigenvalue weighted by Gasteiger charge is 2.45. The van der Waals surface area contributed by atoms with E-state index in [1.165, 1.54) is 30.5 Å². The number of thiazole rings is 1. The Labute approximate surface area is 143 Å². The molecule has 0 saturated carbocycles. The van der Waals surface area contributed by atoms with Crippen LogP contribution in [0, 0.1) is 6.92 Å². The van der Waals surface area contributed by atoms with Crippen LogP contribution >= 0.6 is 11.3 Å². The van der Waals surface area contributed by atoms with Gasteiger partial charge in [-0.3, -0.25) is 4.79 Å². The van der Waals surface area contributed by atoms with Crippen molar-refractivity contribution in [1.82, 2.24) is 8.87 Å². The molecule has 0 radical (unpaired) electrons. The van der Waals surface area contributed by atoms with Gasteiger partial charge < -0.3 is 9.67 Å².